The van der Waals surface area contributed by atoms with Crippen LogP contribution in [-0.2, 0) is 14.9 Å². The molecule has 0 aliphatic carbocycles. The van der Waals surface area contributed by atoms with E-state index in [2.05, 4.69) is 0 Å². The third-order valence-corrected chi connectivity index (χ3v) is 3.83. The summed E-state index contributed by atoms with van der Waals surface area (Å²) in [6.07, 6.45) is 0. The van der Waals surface area contributed by atoms with Crippen LogP contribution in [0.15, 0.2) is 42.5 Å². The summed E-state index contributed by atoms with van der Waals surface area (Å²) in [6, 6.07) is 11.9. The van der Waals surface area contributed by atoms with Crippen LogP contribution < -0.4 is 4.74 Å². The van der Waals surface area contributed by atoms with E-state index in [0.717, 1.165) is 5.56 Å². The zero-order chi connectivity index (χ0) is 19.3. The summed E-state index contributed by atoms with van der Waals surface area (Å²) in [6.45, 7) is 7.59. The Kier molecular flexibility index (Phi) is 6.03. The van der Waals surface area contributed by atoms with Gasteiger partial charge in [-0.1, -0.05) is 51.1 Å². The van der Waals surface area contributed by atoms with E-state index in [1.165, 1.54) is 13.0 Å². The lowest BCUT2D eigenvalue weighted by atomic mass is 9.84. The maximum atomic E-state index is 12.7. The largest absolute Gasteiger partial charge is 0.507 e. The molecule has 26 heavy (non-hydrogen) atoms. The second kappa shape index (κ2) is 8.04. The Bertz CT molecular complexity index is 788. The Morgan fingerprint density at radius 3 is 2.27 bits per heavy atom. The van der Waals surface area contributed by atoms with E-state index in [1.54, 1.807) is 30.3 Å². The van der Waals surface area contributed by atoms with Gasteiger partial charge in [0.15, 0.2) is 5.78 Å². The minimum Gasteiger partial charge on any atom is -0.507 e. The second-order valence-electron chi connectivity index (χ2n) is 7.00. The summed E-state index contributed by atoms with van der Waals surface area (Å²) in [5.74, 6) is -0.308. The zero-order valence-electron chi connectivity index (χ0n) is 15.5. The smallest absolute Gasteiger partial charge is 0.302 e. The van der Waals surface area contributed by atoms with Crippen LogP contribution in [0.25, 0.3) is 0 Å². The van der Waals surface area contributed by atoms with E-state index in [9.17, 15) is 14.7 Å². The van der Waals surface area contributed by atoms with E-state index in [0.29, 0.717) is 11.3 Å². The van der Waals surface area contributed by atoms with Crippen molar-refractivity contribution in [2.24, 2.45) is 0 Å². The summed E-state index contributed by atoms with van der Waals surface area (Å²) in [7, 11) is 0. The van der Waals surface area contributed by atoms with Crippen molar-refractivity contribution in [2.45, 2.75) is 33.1 Å². The summed E-state index contributed by atoms with van der Waals surface area (Å²) < 4.78 is 10.5. The summed E-state index contributed by atoms with van der Waals surface area (Å²) in [4.78, 5) is 23.6. The molecule has 0 aliphatic heterocycles. The van der Waals surface area contributed by atoms with Crippen LogP contribution in [0.3, 0.4) is 0 Å². The maximum absolute atomic E-state index is 12.7. The molecule has 0 spiro atoms. The number of aromatic hydroxyl groups is 1. The summed E-state index contributed by atoms with van der Waals surface area (Å²) in [5.41, 5.74) is 1.22. The standard InChI is InChI=1S/C21H24O5/c1-14(22)25-10-11-26-19-13-18(23)16(12-17(19)21(2,3)4)20(24)15-8-6-5-7-9-15/h5-9,12-13,23H,10-11H2,1-4H3. The van der Waals surface area contributed by atoms with Gasteiger partial charge in [-0.3, -0.25) is 9.59 Å². The van der Waals surface area contributed by atoms with Crippen LogP contribution in [-0.4, -0.2) is 30.1 Å². The first-order chi connectivity index (χ1) is 12.2. The molecule has 0 aliphatic rings. The van der Waals surface area contributed by atoms with Crippen molar-refractivity contribution in [1.29, 1.82) is 0 Å². The normalized spacial score (nSPS) is 11.1. The molecule has 0 bridgehead atoms. The molecule has 0 amide bonds. The van der Waals surface area contributed by atoms with E-state index < -0.39 is 0 Å². The molecule has 0 unspecified atom stereocenters. The quantitative estimate of drug-likeness (QED) is 0.483. The van der Waals surface area contributed by atoms with Gasteiger partial charge in [0.1, 0.15) is 24.7 Å². The van der Waals surface area contributed by atoms with Crippen LogP contribution >= 0.6 is 0 Å². The molecule has 1 N–H and O–H groups in total. The van der Waals surface area contributed by atoms with Crippen molar-refractivity contribution in [2.75, 3.05) is 13.2 Å². The molecule has 0 saturated carbocycles. The highest BCUT2D eigenvalue weighted by Gasteiger charge is 2.24. The van der Waals surface area contributed by atoms with Gasteiger partial charge in [0.2, 0.25) is 0 Å². The van der Waals surface area contributed by atoms with Crippen LogP contribution in [0, 0.1) is 0 Å². The van der Waals surface area contributed by atoms with Gasteiger partial charge in [-0.25, -0.2) is 0 Å². The monoisotopic (exact) mass is 356 g/mol. The second-order valence-corrected chi connectivity index (χ2v) is 7.00. The zero-order valence-corrected chi connectivity index (χ0v) is 15.5. The van der Waals surface area contributed by atoms with E-state index in [4.69, 9.17) is 9.47 Å². The number of hydrogen-bond acceptors (Lipinski definition) is 5. The third kappa shape index (κ3) is 4.85. The lowest BCUT2D eigenvalue weighted by Gasteiger charge is -2.24. The number of phenols is 1. The molecule has 5 nitrogen and oxygen atoms in total. The topological polar surface area (TPSA) is 72.8 Å². The van der Waals surface area contributed by atoms with Gasteiger partial charge in [0.25, 0.3) is 0 Å². The van der Waals surface area contributed by atoms with Gasteiger partial charge >= 0.3 is 5.97 Å². The SMILES string of the molecule is CC(=O)OCCOc1cc(O)c(C(=O)c2ccccc2)cc1C(C)(C)C. The van der Waals surface area contributed by atoms with Crippen molar-refractivity contribution >= 4 is 11.8 Å². The molecule has 0 radical (unpaired) electrons. The van der Waals surface area contributed by atoms with E-state index >= 15 is 0 Å². The fourth-order valence-corrected chi connectivity index (χ4v) is 2.54. The van der Waals surface area contributed by atoms with Crippen LogP contribution in [0.2, 0.25) is 0 Å². The third-order valence-electron chi connectivity index (χ3n) is 3.83. The Labute approximate surface area is 153 Å². The average molecular weight is 356 g/mol. The molecule has 2 rings (SSSR count). The van der Waals surface area contributed by atoms with E-state index in [-0.39, 0.29) is 41.7 Å². The number of ketones is 1. The van der Waals surface area contributed by atoms with Crippen molar-refractivity contribution in [3.63, 3.8) is 0 Å². The van der Waals surface area contributed by atoms with Gasteiger partial charge in [0.05, 0.1) is 5.56 Å². The molecular formula is C21H24O5. The Morgan fingerprint density at radius 2 is 1.69 bits per heavy atom. The van der Waals surface area contributed by atoms with E-state index in [1.807, 2.05) is 26.8 Å². The average Bonchev–Trinajstić information content (AvgIpc) is 2.57. The van der Waals surface area contributed by atoms with Crippen molar-refractivity contribution in [3.05, 3.63) is 59.2 Å². The number of carbonyl (C=O) groups is 2. The summed E-state index contributed by atoms with van der Waals surface area (Å²) in [5, 5.41) is 10.4. The van der Waals surface area contributed by atoms with Gasteiger partial charge < -0.3 is 14.6 Å². The molecule has 0 atom stereocenters. The highest BCUT2D eigenvalue weighted by Crippen LogP contribution is 2.37. The van der Waals surface area contributed by atoms with Gasteiger partial charge in [0, 0.05) is 24.1 Å². The number of benzene rings is 2. The Morgan fingerprint density at radius 1 is 1.04 bits per heavy atom. The predicted octanol–water partition coefficient (Wildman–Crippen LogP) is 3.86. The first-order valence-corrected chi connectivity index (χ1v) is 8.43. The van der Waals surface area contributed by atoms with Crippen molar-refractivity contribution in [3.8, 4) is 11.5 Å². The number of esters is 1. The van der Waals surface area contributed by atoms with Crippen LogP contribution in [0.1, 0.15) is 49.2 Å². The van der Waals surface area contributed by atoms with Gasteiger partial charge in [-0.05, 0) is 11.5 Å². The number of carbonyl (C=O) groups excluding carboxylic acids is 2. The van der Waals surface area contributed by atoms with Crippen molar-refractivity contribution < 1.29 is 24.2 Å². The molecule has 5 heteroatoms. The molecule has 2 aromatic carbocycles. The lowest BCUT2D eigenvalue weighted by molar-refractivity contribution is -0.141. The number of rotatable bonds is 6. The first kappa shape index (κ1) is 19.5. The van der Waals surface area contributed by atoms with Gasteiger partial charge in [-0.2, -0.15) is 0 Å². The van der Waals surface area contributed by atoms with Crippen LogP contribution in [0.5, 0.6) is 11.5 Å². The highest BCUT2D eigenvalue weighted by molar-refractivity contribution is 6.10. The minimum atomic E-state index is -0.378. The Hall–Kier alpha value is -2.82. The number of phenolic OH excluding ortho intramolecular Hbond substituents is 1. The molecule has 0 saturated heterocycles. The van der Waals surface area contributed by atoms with Crippen LogP contribution in [0.4, 0.5) is 0 Å². The predicted molar refractivity (Wildman–Crippen MR) is 98.8 cm³/mol. The summed E-state index contributed by atoms with van der Waals surface area (Å²) >= 11 is 0. The fraction of sp³-hybridized carbons (Fsp3) is 0.333. The highest BCUT2D eigenvalue weighted by atomic mass is 16.6. The molecule has 2 aromatic rings. The molecular weight excluding hydrogens is 332 g/mol. The van der Waals surface area contributed by atoms with Gasteiger partial charge in [-0.15, -0.1) is 0 Å². The Balaban J connectivity index is 2.35. The molecule has 0 fully saturated rings. The molecule has 0 heterocycles. The number of hydrogen-bond donors (Lipinski definition) is 1. The minimum absolute atomic E-state index is 0.115. The molecule has 138 valence electrons. The molecule has 0 aromatic heterocycles. The number of ether oxygens (including phenoxy) is 2. The maximum Gasteiger partial charge on any atom is 0.302 e. The lowest BCUT2D eigenvalue weighted by Crippen LogP contribution is -2.17. The first-order valence-electron chi connectivity index (χ1n) is 8.43. The van der Waals surface area contributed by atoms with Crippen molar-refractivity contribution in [1.82, 2.24) is 0 Å². The fourth-order valence-electron chi connectivity index (χ4n) is 2.54.